The molecule has 2 aromatic rings. The minimum Gasteiger partial charge on any atom is -0.388 e. The molecule has 0 aliphatic rings. The van der Waals surface area contributed by atoms with Crippen molar-refractivity contribution in [3.8, 4) is 0 Å². The number of pyridine rings is 1. The van der Waals surface area contributed by atoms with E-state index in [0.29, 0.717) is 6.54 Å². The van der Waals surface area contributed by atoms with Crippen molar-refractivity contribution in [1.82, 2.24) is 4.98 Å². The van der Waals surface area contributed by atoms with Gasteiger partial charge in [0, 0.05) is 24.9 Å². The fourth-order valence-electron chi connectivity index (χ4n) is 2.70. The maximum Gasteiger partial charge on any atom is 0.0874 e. The molecule has 3 heteroatoms. The van der Waals surface area contributed by atoms with Crippen LogP contribution in [0, 0.1) is 0 Å². The van der Waals surface area contributed by atoms with Crippen LogP contribution in [0.5, 0.6) is 0 Å². The first kappa shape index (κ1) is 15.7. The number of aliphatic hydroxyl groups is 1. The van der Waals surface area contributed by atoms with Gasteiger partial charge in [0.1, 0.15) is 0 Å². The molecule has 21 heavy (non-hydrogen) atoms. The molecule has 0 saturated carbocycles. The number of aromatic nitrogens is 1. The molecule has 2 unspecified atom stereocenters. The van der Waals surface area contributed by atoms with Crippen molar-refractivity contribution in [3.63, 3.8) is 0 Å². The van der Waals surface area contributed by atoms with E-state index in [1.165, 1.54) is 0 Å². The van der Waals surface area contributed by atoms with E-state index >= 15 is 0 Å². The number of benzene rings is 1. The molecule has 1 heterocycles. The fraction of sp³-hybridized carbons (Fsp3) is 0.389. The SMILES string of the molecule is CC(C)(C)c1ccccc1C(O)C(CN)c1cccnc1. The largest absolute Gasteiger partial charge is 0.388 e. The molecule has 0 bridgehead atoms. The summed E-state index contributed by atoms with van der Waals surface area (Å²) in [5.74, 6) is -0.151. The number of rotatable bonds is 4. The van der Waals surface area contributed by atoms with Gasteiger partial charge in [-0.2, -0.15) is 0 Å². The Labute approximate surface area is 126 Å². The van der Waals surface area contributed by atoms with E-state index in [-0.39, 0.29) is 11.3 Å². The van der Waals surface area contributed by atoms with Gasteiger partial charge in [0.25, 0.3) is 0 Å². The first-order valence-corrected chi connectivity index (χ1v) is 7.32. The highest BCUT2D eigenvalue weighted by molar-refractivity contribution is 5.36. The molecule has 0 spiro atoms. The Morgan fingerprint density at radius 1 is 1.14 bits per heavy atom. The summed E-state index contributed by atoms with van der Waals surface area (Å²) in [5, 5.41) is 10.9. The zero-order chi connectivity index (χ0) is 15.5. The van der Waals surface area contributed by atoms with Crippen LogP contribution in [0.1, 0.15) is 49.5 Å². The van der Waals surface area contributed by atoms with Crippen molar-refractivity contribution in [3.05, 3.63) is 65.5 Å². The maximum atomic E-state index is 10.9. The lowest BCUT2D eigenvalue weighted by Gasteiger charge is -2.29. The second-order valence-corrected chi connectivity index (χ2v) is 6.41. The lowest BCUT2D eigenvalue weighted by Crippen LogP contribution is -2.23. The average molecular weight is 284 g/mol. The number of aliphatic hydroxyl groups excluding tert-OH is 1. The maximum absolute atomic E-state index is 10.9. The van der Waals surface area contributed by atoms with Crippen molar-refractivity contribution >= 4 is 0 Å². The summed E-state index contributed by atoms with van der Waals surface area (Å²) in [6, 6.07) is 11.9. The predicted molar refractivity (Wildman–Crippen MR) is 86.1 cm³/mol. The lowest BCUT2D eigenvalue weighted by molar-refractivity contribution is 0.145. The minimum atomic E-state index is -0.630. The highest BCUT2D eigenvalue weighted by atomic mass is 16.3. The van der Waals surface area contributed by atoms with Gasteiger partial charge < -0.3 is 10.8 Å². The van der Waals surface area contributed by atoms with E-state index in [1.807, 2.05) is 30.3 Å². The Bertz CT molecular complexity index is 575. The Morgan fingerprint density at radius 3 is 2.43 bits per heavy atom. The van der Waals surface area contributed by atoms with Crippen LogP contribution in [0.15, 0.2) is 48.8 Å². The Morgan fingerprint density at radius 2 is 1.86 bits per heavy atom. The molecule has 1 aromatic carbocycles. The van der Waals surface area contributed by atoms with Crippen molar-refractivity contribution in [2.75, 3.05) is 6.54 Å². The number of nitrogens with two attached hydrogens (primary N) is 1. The molecule has 2 atom stereocenters. The van der Waals surface area contributed by atoms with Crippen LogP contribution in [0.4, 0.5) is 0 Å². The molecule has 2 rings (SSSR count). The van der Waals surface area contributed by atoms with Gasteiger partial charge >= 0.3 is 0 Å². The topological polar surface area (TPSA) is 59.1 Å². The second kappa shape index (κ2) is 6.37. The van der Waals surface area contributed by atoms with Gasteiger partial charge in [-0.1, -0.05) is 51.1 Å². The van der Waals surface area contributed by atoms with Crippen LogP contribution in [0.3, 0.4) is 0 Å². The van der Waals surface area contributed by atoms with Crippen LogP contribution in [0.2, 0.25) is 0 Å². The molecular weight excluding hydrogens is 260 g/mol. The van der Waals surface area contributed by atoms with Crippen LogP contribution in [-0.4, -0.2) is 16.6 Å². The summed E-state index contributed by atoms with van der Waals surface area (Å²) in [6.07, 6.45) is 2.88. The third-order valence-corrected chi connectivity index (χ3v) is 3.84. The quantitative estimate of drug-likeness (QED) is 0.906. The second-order valence-electron chi connectivity index (χ2n) is 6.41. The number of hydrogen-bond acceptors (Lipinski definition) is 3. The highest BCUT2D eigenvalue weighted by Crippen LogP contribution is 2.36. The first-order valence-electron chi connectivity index (χ1n) is 7.32. The number of hydrogen-bond donors (Lipinski definition) is 2. The summed E-state index contributed by atoms with van der Waals surface area (Å²) in [5.41, 5.74) is 8.96. The summed E-state index contributed by atoms with van der Waals surface area (Å²) < 4.78 is 0. The molecule has 0 aliphatic carbocycles. The third kappa shape index (κ3) is 3.49. The summed E-state index contributed by atoms with van der Waals surface area (Å²) >= 11 is 0. The van der Waals surface area contributed by atoms with Crippen molar-refractivity contribution < 1.29 is 5.11 Å². The smallest absolute Gasteiger partial charge is 0.0874 e. The van der Waals surface area contributed by atoms with E-state index in [2.05, 4.69) is 31.8 Å². The van der Waals surface area contributed by atoms with Gasteiger partial charge in [-0.05, 0) is 28.2 Å². The molecule has 0 amide bonds. The predicted octanol–water partition coefficient (Wildman–Crippen LogP) is 3.16. The van der Waals surface area contributed by atoms with Crippen LogP contribution in [-0.2, 0) is 5.41 Å². The highest BCUT2D eigenvalue weighted by Gasteiger charge is 2.27. The van der Waals surface area contributed by atoms with Crippen molar-refractivity contribution in [1.29, 1.82) is 0 Å². The molecule has 112 valence electrons. The molecule has 0 fully saturated rings. The van der Waals surface area contributed by atoms with Gasteiger partial charge in [-0.15, -0.1) is 0 Å². The normalized spacial score (nSPS) is 14.7. The fourth-order valence-corrected chi connectivity index (χ4v) is 2.70. The van der Waals surface area contributed by atoms with Gasteiger partial charge in [-0.25, -0.2) is 0 Å². The van der Waals surface area contributed by atoms with Gasteiger partial charge in [0.05, 0.1) is 6.10 Å². The van der Waals surface area contributed by atoms with E-state index < -0.39 is 6.10 Å². The molecule has 0 aliphatic heterocycles. The van der Waals surface area contributed by atoms with Gasteiger partial charge in [-0.3, -0.25) is 4.98 Å². The summed E-state index contributed by atoms with van der Waals surface area (Å²) in [4.78, 5) is 4.13. The molecule has 3 nitrogen and oxygen atoms in total. The zero-order valence-electron chi connectivity index (χ0n) is 13.0. The molecule has 1 aromatic heterocycles. The van der Waals surface area contributed by atoms with Crippen LogP contribution in [0.25, 0.3) is 0 Å². The first-order chi connectivity index (χ1) is 9.95. The van der Waals surface area contributed by atoms with Crippen molar-refractivity contribution in [2.24, 2.45) is 5.73 Å². The van der Waals surface area contributed by atoms with E-state index in [0.717, 1.165) is 16.7 Å². The minimum absolute atomic E-state index is 0.0222. The summed E-state index contributed by atoms with van der Waals surface area (Å²) in [6.45, 7) is 6.84. The Balaban J connectivity index is 2.42. The van der Waals surface area contributed by atoms with E-state index in [4.69, 9.17) is 5.73 Å². The van der Waals surface area contributed by atoms with Crippen LogP contribution < -0.4 is 5.73 Å². The summed E-state index contributed by atoms with van der Waals surface area (Å²) in [7, 11) is 0. The molecular formula is C18H24N2O. The average Bonchev–Trinajstić information content (AvgIpc) is 2.48. The monoisotopic (exact) mass is 284 g/mol. The van der Waals surface area contributed by atoms with Crippen molar-refractivity contribution in [2.45, 2.75) is 38.2 Å². The third-order valence-electron chi connectivity index (χ3n) is 3.84. The lowest BCUT2D eigenvalue weighted by atomic mass is 9.79. The number of nitrogens with zero attached hydrogens (tertiary/aromatic N) is 1. The van der Waals surface area contributed by atoms with Gasteiger partial charge in [0.15, 0.2) is 0 Å². The Kier molecular flexibility index (Phi) is 4.76. The van der Waals surface area contributed by atoms with E-state index in [9.17, 15) is 5.11 Å². The molecule has 3 N–H and O–H groups in total. The van der Waals surface area contributed by atoms with Gasteiger partial charge in [0.2, 0.25) is 0 Å². The molecule has 0 radical (unpaired) electrons. The standard InChI is InChI=1S/C18H24N2O/c1-18(2,3)16-9-5-4-8-14(16)17(21)15(11-19)13-7-6-10-20-12-13/h4-10,12,15,17,21H,11,19H2,1-3H3. The van der Waals surface area contributed by atoms with Crippen LogP contribution >= 0.6 is 0 Å². The Hall–Kier alpha value is -1.71. The molecule has 0 saturated heterocycles. The zero-order valence-corrected chi connectivity index (χ0v) is 13.0. The van der Waals surface area contributed by atoms with E-state index in [1.54, 1.807) is 12.4 Å².